The van der Waals surface area contributed by atoms with Crippen LogP contribution in [0.15, 0.2) is 28.7 Å². The maximum atomic E-state index is 13.2. The molecule has 1 aromatic carbocycles. The number of nitrogens with two attached hydrogens (primary N) is 1. The molecular weight excluding hydrogens is 263 g/mol. The second kappa shape index (κ2) is 4.81. The molecule has 1 saturated heterocycles. The van der Waals surface area contributed by atoms with Gasteiger partial charge in [0, 0.05) is 10.1 Å². The summed E-state index contributed by atoms with van der Waals surface area (Å²) >= 11 is 1.91. The molecule has 0 amide bonds. The van der Waals surface area contributed by atoms with E-state index in [4.69, 9.17) is 10.3 Å². The van der Waals surface area contributed by atoms with Gasteiger partial charge in [0.1, 0.15) is 17.2 Å². The highest BCUT2D eigenvalue weighted by atomic mass is 32.2. The van der Waals surface area contributed by atoms with Gasteiger partial charge in [0.05, 0.1) is 6.04 Å². The quantitative estimate of drug-likeness (QED) is 0.668. The van der Waals surface area contributed by atoms with Crippen molar-refractivity contribution in [1.82, 2.24) is 5.43 Å². The zero-order valence-electron chi connectivity index (χ0n) is 10.8. The van der Waals surface area contributed by atoms with Crippen molar-refractivity contribution >= 4 is 22.7 Å². The number of fused-ring (bicyclic) bond motifs is 1. The van der Waals surface area contributed by atoms with Crippen LogP contribution in [0.1, 0.15) is 31.6 Å². The lowest BCUT2D eigenvalue weighted by molar-refractivity contribution is 0.359. The average Bonchev–Trinajstić information content (AvgIpc) is 2.96. The number of hydrazine groups is 1. The Hall–Kier alpha value is -1.04. The molecule has 5 heteroatoms. The van der Waals surface area contributed by atoms with Crippen molar-refractivity contribution in [3.05, 3.63) is 35.8 Å². The van der Waals surface area contributed by atoms with Crippen LogP contribution >= 0.6 is 11.8 Å². The Morgan fingerprint density at radius 1 is 1.47 bits per heavy atom. The van der Waals surface area contributed by atoms with E-state index in [1.165, 1.54) is 18.6 Å². The molecule has 3 rings (SSSR count). The number of hydrogen-bond acceptors (Lipinski definition) is 4. The fourth-order valence-electron chi connectivity index (χ4n) is 2.76. The summed E-state index contributed by atoms with van der Waals surface area (Å²) in [5, 5.41) is 0.779. The Labute approximate surface area is 115 Å². The van der Waals surface area contributed by atoms with Crippen LogP contribution in [0, 0.1) is 5.82 Å². The Kier molecular flexibility index (Phi) is 3.28. The molecule has 0 saturated carbocycles. The van der Waals surface area contributed by atoms with Gasteiger partial charge in [-0.25, -0.2) is 9.82 Å². The number of benzene rings is 1. The normalized spacial score (nSPS) is 25.0. The number of rotatable bonds is 3. The summed E-state index contributed by atoms with van der Waals surface area (Å²) < 4.78 is 19.1. The zero-order valence-corrected chi connectivity index (χ0v) is 11.6. The van der Waals surface area contributed by atoms with E-state index in [1.807, 2.05) is 17.8 Å². The highest BCUT2D eigenvalue weighted by molar-refractivity contribution is 8.00. The minimum absolute atomic E-state index is 0.0289. The van der Waals surface area contributed by atoms with Gasteiger partial charge >= 0.3 is 0 Å². The van der Waals surface area contributed by atoms with Crippen LogP contribution in [-0.4, -0.2) is 10.5 Å². The largest absolute Gasteiger partial charge is 0.459 e. The summed E-state index contributed by atoms with van der Waals surface area (Å²) in [5.41, 5.74) is 3.57. The van der Waals surface area contributed by atoms with Gasteiger partial charge in [-0.15, -0.1) is 0 Å². The van der Waals surface area contributed by atoms with Crippen molar-refractivity contribution in [3.63, 3.8) is 0 Å². The van der Waals surface area contributed by atoms with E-state index < -0.39 is 0 Å². The Bertz CT molecular complexity index is 592. The van der Waals surface area contributed by atoms with Crippen LogP contribution in [0.2, 0.25) is 0 Å². The summed E-state index contributed by atoms with van der Waals surface area (Å²) in [6, 6.07) is 6.38. The molecule has 102 valence electrons. The molecule has 0 radical (unpaired) electrons. The summed E-state index contributed by atoms with van der Waals surface area (Å²) in [7, 11) is 0. The monoisotopic (exact) mass is 280 g/mol. The van der Waals surface area contributed by atoms with Gasteiger partial charge in [-0.3, -0.25) is 5.84 Å². The van der Waals surface area contributed by atoms with Gasteiger partial charge < -0.3 is 4.42 Å². The van der Waals surface area contributed by atoms with Gasteiger partial charge in [0.15, 0.2) is 0 Å². The molecule has 1 aromatic heterocycles. The summed E-state index contributed by atoms with van der Waals surface area (Å²) in [6.07, 6.45) is 2.28. The molecule has 1 fully saturated rings. The van der Waals surface area contributed by atoms with Crippen LogP contribution < -0.4 is 11.3 Å². The number of halogens is 1. The van der Waals surface area contributed by atoms with Crippen LogP contribution in [0.5, 0.6) is 0 Å². The van der Waals surface area contributed by atoms with Crippen molar-refractivity contribution in [2.24, 2.45) is 5.84 Å². The number of hydrogen-bond donors (Lipinski definition) is 2. The Balaban J connectivity index is 2.01. The predicted octanol–water partition coefficient (Wildman–Crippen LogP) is 3.36. The first-order valence-electron chi connectivity index (χ1n) is 6.41. The summed E-state index contributed by atoms with van der Waals surface area (Å²) in [4.78, 5) is 0. The molecule has 2 atom stereocenters. The second-order valence-electron chi connectivity index (χ2n) is 5.20. The van der Waals surface area contributed by atoms with Crippen molar-refractivity contribution in [1.29, 1.82) is 0 Å². The molecule has 19 heavy (non-hydrogen) atoms. The Morgan fingerprint density at radius 2 is 2.32 bits per heavy atom. The summed E-state index contributed by atoms with van der Waals surface area (Å²) in [5.74, 6) is 7.39. The molecule has 3 N–H and O–H groups in total. The molecular formula is C14H17FN2OS. The smallest absolute Gasteiger partial charge is 0.134 e. The molecule has 3 nitrogen and oxygen atoms in total. The fraction of sp³-hybridized carbons (Fsp3) is 0.429. The van der Waals surface area contributed by atoms with Crippen LogP contribution in [-0.2, 0) is 0 Å². The lowest BCUT2D eigenvalue weighted by Gasteiger charge is -2.31. The first-order valence-corrected chi connectivity index (χ1v) is 7.40. The van der Waals surface area contributed by atoms with Gasteiger partial charge in [-0.2, -0.15) is 11.8 Å². The van der Waals surface area contributed by atoms with Gasteiger partial charge in [-0.1, -0.05) is 0 Å². The second-order valence-corrected chi connectivity index (χ2v) is 6.82. The van der Waals surface area contributed by atoms with Gasteiger partial charge in [0.2, 0.25) is 0 Å². The van der Waals surface area contributed by atoms with Crippen molar-refractivity contribution in [3.8, 4) is 0 Å². The fourth-order valence-corrected chi connectivity index (χ4v) is 4.16. The molecule has 2 aromatic rings. The Morgan fingerprint density at radius 3 is 3.00 bits per heavy atom. The maximum Gasteiger partial charge on any atom is 0.134 e. The van der Waals surface area contributed by atoms with Crippen molar-refractivity contribution in [2.75, 3.05) is 5.75 Å². The lowest BCUT2D eigenvalue weighted by Crippen LogP contribution is -2.41. The third-order valence-electron chi connectivity index (χ3n) is 3.81. The first kappa shape index (κ1) is 13.0. The maximum absolute atomic E-state index is 13.2. The third kappa shape index (κ3) is 2.26. The topological polar surface area (TPSA) is 51.2 Å². The number of furan rings is 1. The predicted molar refractivity (Wildman–Crippen MR) is 76.3 cm³/mol. The standard InChI is InChI=1S/C14H17FN2OS/c1-14(5-2-6-19-14)13(17-16)12-8-9-7-10(15)3-4-11(9)18-12/h3-4,7-8,13,17H,2,5-6,16H2,1H3. The molecule has 0 spiro atoms. The minimum atomic E-state index is -0.251. The van der Waals surface area contributed by atoms with E-state index >= 15 is 0 Å². The molecule has 0 bridgehead atoms. The van der Waals surface area contributed by atoms with Gasteiger partial charge in [-0.05, 0) is 49.8 Å². The molecule has 0 aliphatic carbocycles. The molecule has 1 aliphatic heterocycles. The number of thioether (sulfide) groups is 1. The van der Waals surface area contributed by atoms with E-state index in [1.54, 1.807) is 6.07 Å². The first-order chi connectivity index (χ1) is 9.12. The highest BCUT2D eigenvalue weighted by Crippen LogP contribution is 2.47. The van der Waals surface area contributed by atoms with Crippen LogP contribution in [0.3, 0.4) is 0 Å². The molecule has 1 aliphatic rings. The highest BCUT2D eigenvalue weighted by Gasteiger charge is 2.40. The number of nitrogens with one attached hydrogen (secondary N) is 1. The minimum Gasteiger partial charge on any atom is -0.459 e. The van der Waals surface area contributed by atoms with Gasteiger partial charge in [0.25, 0.3) is 0 Å². The van der Waals surface area contributed by atoms with Crippen LogP contribution in [0.25, 0.3) is 11.0 Å². The van der Waals surface area contributed by atoms with Crippen LogP contribution in [0.4, 0.5) is 4.39 Å². The average molecular weight is 280 g/mol. The van der Waals surface area contributed by atoms with Crippen molar-refractivity contribution < 1.29 is 8.81 Å². The zero-order chi connectivity index (χ0) is 13.5. The lowest BCUT2D eigenvalue weighted by atomic mass is 9.94. The van der Waals surface area contributed by atoms with Crippen molar-refractivity contribution in [2.45, 2.75) is 30.6 Å². The third-order valence-corrected chi connectivity index (χ3v) is 5.40. The van der Waals surface area contributed by atoms with E-state index in [0.29, 0.717) is 5.58 Å². The SMILES string of the molecule is CC1(C(NN)c2cc3cc(F)ccc3o2)CCCS1. The van der Waals surface area contributed by atoms with E-state index in [-0.39, 0.29) is 16.6 Å². The summed E-state index contributed by atoms with van der Waals surface area (Å²) in [6.45, 7) is 2.20. The van der Waals surface area contributed by atoms with E-state index in [0.717, 1.165) is 23.3 Å². The van der Waals surface area contributed by atoms with E-state index in [2.05, 4.69) is 12.3 Å². The molecule has 2 unspecified atom stereocenters. The van der Waals surface area contributed by atoms with E-state index in [9.17, 15) is 4.39 Å². The molecule has 2 heterocycles.